The molecule has 0 saturated heterocycles. The van der Waals surface area contributed by atoms with E-state index in [0.717, 1.165) is 36.0 Å². The predicted octanol–water partition coefficient (Wildman–Crippen LogP) is 4.09. The Morgan fingerprint density at radius 1 is 0.720 bits per heavy atom. The van der Waals surface area contributed by atoms with Gasteiger partial charge in [0.15, 0.2) is 10.2 Å². The molecule has 0 aliphatic rings. The van der Waals surface area contributed by atoms with Crippen LogP contribution in [0.25, 0.3) is 0 Å². The molecule has 0 atom stereocenters. The highest BCUT2D eigenvalue weighted by atomic mass is 32.1. The predicted molar refractivity (Wildman–Crippen MR) is 113 cm³/mol. The molecule has 2 aromatic rings. The van der Waals surface area contributed by atoms with Gasteiger partial charge in [-0.1, -0.05) is 0 Å². The number of hydrogen-bond donors (Lipinski definition) is 4. The average molecular weight is 375 g/mol. The molecule has 7 heteroatoms. The Labute approximate surface area is 159 Å². The van der Waals surface area contributed by atoms with Crippen LogP contribution < -0.4 is 26.0 Å². The minimum absolute atomic E-state index is 0.606. The van der Waals surface area contributed by atoms with Gasteiger partial charge in [0.1, 0.15) is 11.5 Å². The third kappa shape index (κ3) is 6.56. The molecule has 0 bridgehead atoms. The first-order valence-electron chi connectivity index (χ1n) is 8.08. The summed E-state index contributed by atoms with van der Waals surface area (Å²) in [6, 6.07) is 15.3. The van der Waals surface area contributed by atoms with E-state index >= 15 is 0 Å². The van der Waals surface area contributed by atoms with Crippen LogP contribution in [-0.4, -0.2) is 23.3 Å². The number of rotatable bonds is 6. The van der Waals surface area contributed by atoms with Gasteiger partial charge in [0, 0.05) is 24.5 Å². The Morgan fingerprint density at radius 3 is 1.40 bits per heavy atom. The maximum atomic E-state index is 5.84. The van der Waals surface area contributed by atoms with Gasteiger partial charge in [-0.3, -0.25) is 0 Å². The summed E-state index contributed by atoms with van der Waals surface area (Å²) in [7, 11) is 0. The monoisotopic (exact) mass is 374 g/mol. The van der Waals surface area contributed by atoms with Crippen LogP contribution in [0.5, 0.6) is 11.5 Å². The van der Waals surface area contributed by atoms with E-state index in [9.17, 15) is 0 Å². The number of benzene rings is 2. The zero-order valence-electron chi connectivity index (χ0n) is 14.3. The number of hydrogen-bond acceptors (Lipinski definition) is 3. The first-order valence-corrected chi connectivity index (χ1v) is 8.90. The molecule has 0 aliphatic carbocycles. The second-order valence-corrected chi connectivity index (χ2v) is 5.94. The summed E-state index contributed by atoms with van der Waals surface area (Å²) in [4.78, 5) is 0. The van der Waals surface area contributed by atoms with E-state index in [2.05, 4.69) is 21.3 Å². The first-order chi connectivity index (χ1) is 12.1. The molecule has 25 heavy (non-hydrogen) atoms. The Bertz CT molecular complexity index is 641. The zero-order chi connectivity index (χ0) is 18.1. The molecule has 0 aromatic heterocycles. The third-order valence-electron chi connectivity index (χ3n) is 3.13. The van der Waals surface area contributed by atoms with Crippen molar-refractivity contribution in [1.82, 2.24) is 10.6 Å². The quantitative estimate of drug-likeness (QED) is 0.568. The average Bonchev–Trinajstić information content (AvgIpc) is 2.59. The Balaban J connectivity index is 1.91. The molecule has 0 unspecified atom stereocenters. The smallest absolute Gasteiger partial charge is 0.170 e. The van der Waals surface area contributed by atoms with Crippen LogP contribution in [0.1, 0.15) is 13.8 Å². The summed E-state index contributed by atoms with van der Waals surface area (Å²) in [6.45, 7) is 5.58. The molecule has 5 nitrogen and oxygen atoms in total. The Kier molecular flexibility index (Phi) is 7.43. The van der Waals surface area contributed by atoms with E-state index in [0.29, 0.717) is 10.2 Å². The fourth-order valence-corrected chi connectivity index (χ4v) is 2.54. The van der Waals surface area contributed by atoms with Crippen molar-refractivity contribution in [1.29, 1.82) is 0 Å². The molecule has 0 fully saturated rings. The lowest BCUT2D eigenvalue weighted by atomic mass is 10.3. The van der Waals surface area contributed by atoms with Gasteiger partial charge in [0.05, 0.1) is 0 Å². The summed E-state index contributed by atoms with van der Waals surface area (Å²) < 4.78 is 5.84. The molecular weight excluding hydrogens is 352 g/mol. The minimum atomic E-state index is 0.606. The van der Waals surface area contributed by atoms with E-state index in [1.807, 2.05) is 62.4 Å². The molecular formula is C18H22N4OS2. The van der Waals surface area contributed by atoms with Crippen LogP contribution in [0.3, 0.4) is 0 Å². The summed E-state index contributed by atoms with van der Waals surface area (Å²) in [5, 5.41) is 13.5. The van der Waals surface area contributed by atoms with E-state index in [1.165, 1.54) is 0 Å². The minimum Gasteiger partial charge on any atom is -0.457 e. The zero-order valence-corrected chi connectivity index (χ0v) is 15.9. The van der Waals surface area contributed by atoms with Crippen molar-refractivity contribution in [3.8, 4) is 11.5 Å². The fourth-order valence-electron chi connectivity index (χ4n) is 2.02. The first kappa shape index (κ1) is 19.0. The lowest BCUT2D eigenvalue weighted by Gasteiger charge is -2.11. The lowest BCUT2D eigenvalue weighted by Crippen LogP contribution is -2.27. The SMILES string of the molecule is CCNC(=S)Nc1ccc(Oc2ccc(NC(=S)NCC)cc2)cc1. The Morgan fingerprint density at radius 2 is 1.08 bits per heavy atom. The van der Waals surface area contributed by atoms with E-state index < -0.39 is 0 Å². The van der Waals surface area contributed by atoms with Gasteiger partial charge in [0.25, 0.3) is 0 Å². The maximum Gasteiger partial charge on any atom is 0.170 e. The van der Waals surface area contributed by atoms with Gasteiger partial charge >= 0.3 is 0 Å². The second kappa shape index (κ2) is 9.80. The van der Waals surface area contributed by atoms with Crippen molar-refractivity contribution < 1.29 is 4.74 Å². The number of anilines is 2. The van der Waals surface area contributed by atoms with Crippen molar-refractivity contribution in [3.63, 3.8) is 0 Å². The van der Waals surface area contributed by atoms with Gasteiger partial charge < -0.3 is 26.0 Å². The fraction of sp³-hybridized carbons (Fsp3) is 0.222. The molecule has 132 valence electrons. The van der Waals surface area contributed by atoms with Gasteiger partial charge in [0.2, 0.25) is 0 Å². The normalized spacial score (nSPS) is 9.84. The molecule has 2 rings (SSSR count). The number of thiocarbonyl (C=S) groups is 2. The van der Waals surface area contributed by atoms with Crippen LogP contribution in [-0.2, 0) is 0 Å². The molecule has 0 spiro atoms. The van der Waals surface area contributed by atoms with Gasteiger partial charge in [-0.25, -0.2) is 0 Å². The van der Waals surface area contributed by atoms with Crippen LogP contribution in [0.2, 0.25) is 0 Å². The largest absolute Gasteiger partial charge is 0.457 e. The van der Waals surface area contributed by atoms with Crippen molar-refractivity contribution in [2.75, 3.05) is 23.7 Å². The van der Waals surface area contributed by atoms with Gasteiger partial charge in [-0.05, 0) is 86.8 Å². The summed E-state index contributed by atoms with van der Waals surface area (Å²) >= 11 is 10.3. The summed E-state index contributed by atoms with van der Waals surface area (Å²) in [5.74, 6) is 1.51. The topological polar surface area (TPSA) is 57.4 Å². The van der Waals surface area contributed by atoms with Crippen molar-refractivity contribution in [3.05, 3.63) is 48.5 Å². The highest BCUT2D eigenvalue weighted by Gasteiger charge is 2.01. The van der Waals surface area contributed by atoms with Crippen LogP contribution >= 0.6 is 24.4 Å². The van der Waals surface area contributed by atoms with Crippen molar-refractivity contribution in [2.24, 2.45) is 0 Å². The number of ether oxygens (including phenoxy) is 1. The van der Waals surface area contributed by atoms with E-state index in [4.69, 9.17) is 29.2 Å². The standard InChI is InChI=1S/C18H22N4OS2/c1-3-19-17(24)21-13-5-9-15(10-6-13)23-16-11-7-14(8-12-16)22-18(25)20-4-2/h5-12H,3-4H2,1-2H3,(H2,19,21,24)(H2,20,22,25). The Hall–Kier alpha value is -2.38. The van der Waals surface area contributed by atoms with Crippen molar-refractivity contribution >= 4 is 46.0 Å². The van der Waals surface area contributed by atoms with Gasteiger partial charge in [-0.15, -0.1) is 0 Å². The van der Waals surface area contributed by atoms with Gasteiger partial charge in [-0.2, -0.15) is 0 Å². The molecule has 0 heterocycles. The highest BCUT2D eigenvalue weighted by molar-refractivity contribution is 7.80. The molecule has 0 radical (unpaired) electrons. The number of nitrogens with one attached hydrogen (secondary N) is 4. The molecule has 0 saturated carbocycles. The molecule has 4 N–H and O–H groups in total. The van der Waals surface area contributed by atoms with E-state index in [1.54, 1.807) is 0 Å². The second-order valence-electron chi connectivity index (χ2n) is 5.12. The molecule has 0 aliphatic heterocycles. The van der Waals surface area contributed by atoms with Crippen LogP contribution in [0.4, 0.5) is 11.4 Å². The van der Waals surface area contributed by atoms with Crippen molar-refractivity contribution in [2.45, 2.75) is 13.8 Å². The van der Waals surface area contributed by atoms with Crippen LogP contribution in [0.15, 0.2) is 48.5 Å². The molecule has 2 aromatic carbocycles. The lowest BCUT2D eigenvalue weighted by molar-refractivity contribution is 0.483. The maximum absolute atomic E-state index is 5.84. The summed E-state index contributed by atoms with van der Waals surface area (Å²) in [5.41, 5.74) is 1.82. The third-order valence-corrected chi connectivity index (χ3v) is 3.63. The summed E-state index contributed by atoms with van der Waals surface area (Å²) in [6.07, 6.45) is 0. The molecule has 0 amide bonds. The van der Waals surface area contributed by atoms with E-state index in [-0.39, 0.29) is 0 Å². The van der Waals surface area contributed by atoms with Crippen LogP contribution in [0, 0.1) is 0 Å². The highest BCUT2D eigenvalue weighted by Crippen LogP contribution is 2.24.